The first-order chi connectivity index (χ1) is 13.0. The highest BCUT2D eigenvalue weighted by atomic mass is 35.5. The molecule has 27 heavy (non-hydrogen) atoms. The summed E-state index contributed by atoms with van der Waals surface area (Å²) in [5, 5.41) is 3.76. The highest BCUT2D eigenvalue weighted by Crippen LogP contribution is 2.25. The molecular weight excluding hydrogens is 387 g/mol. The first kappa shape index (κ1) is 20.4. The number of nitrogens with one attached hydrogen (secondary N) is 1. The maximum absolute atomic E-state index is 12.8. The number of hydrogen-bond donors (Lipinski definition) is 1. The van der Waals surface area contributed by atoms with Gasteiger partial charge in [0.15, 0.2) is 0 Å². The van der Waals surface area contributed by atoms with Crippen LogP contribution in [0.4, 0.5) is 0 Å². The lowest BCUT2D eigenvalue weighted by Crippen LogP contribution is -2.49. The van der Waals surface area contributed by atoms with E-state index in [1.54, 1.807) is 23.1 Å². The van der Waals surface area contributed by atoms with Crippen LogP contribution in [0.5, 0.6) is 0 Å². The molecule has 2 aliphatic rings. The molecular formula is C19H26Cl2N4O2. The first-order valence-electron chi connectivity index (χ1n) is 9.40. The van der Waals surface area contributed by atoms with Crippen LogP contribution >= 0.6 is 23.2 Å². The van der Waals surface area contributed by atoms with Crippen molar-refractivity contribution in [2.75, 3.05) is 52.9 Å². The summed E-state index contributed by atoms with van der Waals surface area (Å²) in [4.78, 5) is 31.7. The second kappa shape index (κ2) is 9.24. The fourth-order valence-electron chi connectivity index (χ4n) is 3.60. The zero-order chi connectivity index (χ0) is 19.4. The number of rotatable bonds is 5. The number of carbonyl (C=O) groups is 2. The number of likely N-dealkylation sites (tertiary alicyclic amines) is 1. The monoisotopic (exact) mass is 412 g/mol. The third-order valence-electron chi connectivity index (χ3n) is 5.31. The molecule has 1 aromatic rings. The standard InChI is InChI=1S/C19H26Cl2N4O2/c1-23-9-11-24(12-10-23)8-6-22-18(26)17-3-2-7-25(17)19(27)14-4-5-15(20)16(21)13-14/h4-5,13,17H,2-3,6-12H2,1H3,(H,22,26). The highest BCUT2D eigenvalue weighted by molar-refractivity contribution is 6.42. The molecule has 2 fully saturated rings. The number of hydrogen-bond acceptors (Lipinski definition) is 4. The van der Waals surface area contributed by atoms with E-state index in [2.05, 4.69) is 22.2 Å². The van der Waals surface area contributed by atoms with E-state index >= 15 is 0 Å². The summed E-state index contributed by atoms with van der Waals surface area (Å²) in [6, 6.07) is 4.40. The number of amides is 2. The Bertz CT molecular complexity index is 692. The molecule has 0 aliphatic carbocycles. The topological polar surface area (TPSA) is 55.9 Å². The Morgan fingerprint density at radius 1 is 1.11 bits per heavy atom. The Morgan fingerprint density at radius 2 is 1.85 bits per heavy atom. The van der Waals surface area contributed by atoms with Crippen LogP contribution in [0.2, 0.25) is 10.0 Å². The van der Waals surface area contributed by atoms with E-state index in [0.29, 0.717) is 35.1 Å². The molecule has 8 heteroatoms. The summed E-state index contributed by atoms with van der Waals surface area (Å²) in [5.41, 5.74) is 0.460. The number of carbonyl (C=O) groups excluding carboxylic acids is 2. The molecule has 2 amide bonds. The maximum atomic E-state index is 12.8. The minimum Gasteiger partial charge on any atom is -0.353 e. The van der Waals surface area contributed by atoms with Gasteiger partial charge in [-0.1, -0.05) is 23.2 Å². The molecule has 6 nitrogen and oxygen atoms in total. The molecule has 0 aromatic heterocycles. The fourth-order valence-corrected chi connectivity index (χ4v) is 3.90. The SMILES string of the molecule is CN1CCN(CCNC(=O)C2CCCN2C(=O)c2ccc(Cl)c(Cl)c2)CC1. The Hall–Kier alpha value is -1.34. The molecule has 1 N–H and O–H groups in total. The maximum Gasteiger partial charge on any atom is 0.254 e. The second-order valence-corrected chi connectivity index (χ2v) is 8.04. The van der Waals surface area contributed by atoms with E-state index < -0.39 is 6.04 Å². The molecule has 1 unspecified atom stereocenters. The predicted octanol–water partition coefficient (Wildman–Crippen LogP) is 1.96. The van der Waals surface area contributed by atoms with Crippen molar-refractivity contribution in [3.8, 4) is 0 Å². The van der Waals surface area contributed by atoms with Crippen LogP contribution in [0.15, 0.2) is 18.2 Å². The molecule has 0 spiro atoms. The van der Waals surface area contributed by atoms with E-state index in [1.807, 2.05) is 0 Å². The van der Waals surface area contributed by atoms with Gasteiger partial charge in [-0.2, -0.15) is 0 Å². The number of piperazine rings is 1. The second-order valence-electron chi connectivity index (χ2n) is 7.22. The van der Waals surface area contributed by atoms with Gasteiger partial charge < -0.3 is 15.1 Å². The van der Waals surface area contributed by atoms with Crippen molar-refractivity contribution in [2.24, 2.45) is 0 Å². The van der Waals surface area contributed by atoms with Gasteiger partial charge in [-0.15, -0.1) is 0 Å². The molecule has 2 aliphatic heterocycles. The average molecular weight is 413 g/mol. The third-order valence-corrected chi connectivity index (χ3v) is 6.05. The molecule has 0 radical (unpaired) electrons. The Kier molecular flexibility index (Phi) is 6.98. The van der Waals surface area contributed by atoms with Gasteiger partial charge in [0.1, 0.15) is 6.04 Å². The van der Waals surface area contributed by atoms with Crippen LogP contribution in [-0.2, 0) is 4.79 Å². The van der Waals surface area contributed by atoms with E-state index in [0.717, 1.165) is 39.1 Å². The zero-order valence-electron chi connectivity index (χ0n) is 15.6. The van der Waals surface area contributed by atoms with Crippen molar-refractivity contribution in [3.05, 3.63) is 33.8 Å². The van der Waals surface area contributed by atoms with Crippen LogP contribution < -0.4 is 5.32 Å². The predicted molar refractivity (Wildman–Crippen MR) is 107 cm³/mol. The lowest BCUT2D eigenvalue weighted by molar-refractivity contribution is -0.124. The Labute approximate surface area is 170 Å². The van der Waals surface area contributed by atoms with Gasteiger partial charge in [-0.05, 0) is 38.1 Å². The quantitative estimate of drug-likeness (QED) is 0.802. The Morgan fingerprint density at radius 3 is 2.56 bits per heavy atom. The smallest absolute Gasteiger partial charge is 0.254 e. The summed E-state index contributed by atoms with van der Waals surface area (Å²) >= 11 is 12.0. The van der Waals surface area contributed by atoms with E-state index in [4.69, 9.17) is 23.2 Å². The van der Waals surface area contributed by atoms with Crippen molar-refractivity contribution in [1.82, 2.24) is 20.0 Å². The molecule has 2 heterocycles. The highest BCUT2D eigenvalue weighted by Gasteiger charge is 2.34. The first-order valence-corrected chi connectivity index (χ1v) is 10.2. The van der Waals surface area contributed by atoms with Crippen LogP contribution in [0.25, 0.3) is 0 Å². The van der Waals surface area contributed by atoms with Gasteiger partial charge in [-0.25, -0.2) is 0 Å². The summed E-state index contributed by atoms with van der Waals surface area (Å²) in [6.45, 7) is 6.19. The fraction of sp³-hybridized carbons (Fsp3) is 0.579. The minimum absolute atomic E-state index is 0.0740. The normalized spacial score (nSPS) is 21.4. The van der Waals surface area contributed by atoms with Crippen molar-refractivity contribution in [3.63, 3.8) is 0 Å². The van der Waals surface area contributed by atoms with Gasteiger partial charge in [0, 0.05) is 51.4 Å². The van der Waals surface area contributed by atoms with Gasteiger partial charge in [0.05, 0.1) is 10.0 Å². The third kappa shape index (κ3) is 5.13. The molecule has 0 bridgehead atoms. The van der Waals surface area contributed by atoms with Crippen molar-refractivity contribution >= 4 is 35.0 Å². The summed E-state index contributed by atoms with van der Waals surface area (Å²) in [5.74, 6) is -0.250. The van der Waals surface area contributed by atoms with Gasteiger partial charge in [0.2, 0.25) is 5.91 Å². The Balaban J connectivity index is 1.53. The number of halogens is 2. The minimum atomic E-state index is -0.417. The zero-order valence-corrected chi connectivity index (χ0v) is 17.1. The molecule has 0 saturated carbocycles. The van der Waals surface area contributed by atoms with E-state index in [1.165, 1.54) is 0 Å². The molecule has 2 saturated heterocycles. The number of benzene rings is 1. The van der Waals surface area contributed by atoms with Crippen LogP contribution in [0.3, 0.4) is 0 Å². The van der Waals surface area contributed by atoms with Crippen LogP contribution in [-0.4, -0.2) is 85.4 Å². The average Bonchev–Trinajstić information content (AvgIpc) is 3.15. The number of nitrogens with zero attached hydrogens (tertiary/aromatic N) is 3. The molecule has 1 aromatic carbocycles. The number of likely N-dealkylation sites (N-methyl/N-ethyl adjacent to an activating group) is 1. The van der Waals surface area contributed by atoms with Crippen molar-refractivity contribution in [2.45, 2.75) is 18.9 Å². The van der Waals surface area contributed by atoms with Crippen molar-refractivity contribution in [1.29, 1.82) is 0 Å². The van der Waals surface area contributed by atoms with E-state index in [-0.39, 0.29) is 11.8 Å². The summed E-state index contributed by atoms with van der Waals surface area (Å²) in [7, 11) is 2.12. The molecule has 148 valence electrons. The van der Waals surface area contributed by atoms with Gasteiger partial charge >= 0.3 is 0 Å². The van der Waals surface area contributed by atoms with Crippen LogP contribution in [0.1, 0.15) is 23.2 Å². The lowest BCUT2D eigenvalue weighted by Gasteiger charge is -2.32. The van der Waals surface area contributed by atoms with Gasteiger partial charge in [-0.3, -0.25) is 14.5 Å². The van der Waals surface area contributed by atoms with Crippen LogP contribution in [0, 0.1) is 0 Å². The lowest BCUT2D eigenvalue weighted by atomic mass is 10.1. The largest absolute Gasteiger partial charge is 0.353 e. The molecule has 1 atom stereocenters. The van der Waals surface area contributed by atoms with Gasteiger partial charge in [0.25, 0.3) is 5.91 Å². The van der Waals surface area contributed by atoms with E-state index in [9.17, 15) is 9.59 Å². The summed E-state index contributed by atoms with van der Waals surface area (Å²) < 4.78 is 0. The summed E-state index contributed by atoms with van der Waals surface area (Å²) in [6.07, 6.45) is 1.51. The molecule has 3 rings (SSSR count). The van der Waals surface area contributed by atoms with Crippen molar-refractivity contribution < 1.29 is 9.59 Å².